The number of hydrogen-bond donors (Lipinski definition) is 0. The Morgan fingerprint density at radius 1 is 1.08 bits per heavy atom. The third-order valence-corrected chi connectivity index (χ3v) is 5.22. The van der Waals surface area contributed by atoms with E-state index in [1.54, 1.807) is 12.1 Å². The fourth-order valence-corrected chi connectivity index (χ4v) is 4.08. The van der Waals surface area contributed by atoms with Crippen molar-refractivity contribution < 1.29 is 17.9 Å². The Kier molecular flexibility index (Phi) is 3.68. The van der Waals surface area contributed by atoms with Gasteiger partial charge in [0.25, 0.3) is 0 Å². The quantitative estimate of drug-likeness (QED) is 0.795. The van der Waals surface area contributed by atoms with E-state index in [2.05, 4.69) is 16.9 Å². The Bertz CT molecular complexity index is 789. The van der Waals surface area contributed by atoms with Crippen LogP contribution in [0.25, 0.3) is 0 Å². The van der Waals surface area contributed by atoms with Gasteiger partial charge >= 0.3 is 6.36 Å². The van der Waals surface area contributed by atoms with Crippen molar-refractivity contribution in [3.05, 3.63) is 54.1 Å². The molecule has 124 valence electrons. The normalized spacial score (nSPS) is 19.5. The molecule has 2 aliphatic heterocycles. The van der Waals surface area contributed by atoms with E-state index in [1.165, 1.54) is 17.0 Å². The molecule has 0 saturated heterocycles. The molecule has 0 saturated carbocycles. The van der Waals surface area contributed by atoms with Crippen LogP contribution in [0.15, 0.2) is 58.5 Å². The maximum absolute atomic E-state index is 12.2. The first kappa shape index (κ1) is 15.4. The van der Waals surface area contributed by atoms with Gasteiger partial charge in [-0.05, 0) is 30.3 Å². The van der Waals surface area contributed by atoms with Gasteiger partial charge in [0.2, 0.25) is 0 Å². The van der Waals surface area contributed by atoms with Crippen LogP contribution in [0.5, 0.6) is 5.75 Å². The minimum atomic E-state index is -4.68. The highest BCUT2D eigenvalue weighted by molar-refractivity contribution is 7.99. The van der Waals surface area contributed by atoms with Gasteiger partial charge in [-0.1, -0.05) is 18.2 Å². The Hall–Kier alpha value is -2.15. The first-order valence-corrected chi connectivity index (χ1v) is 8.42. The van der Waals surface area contributed by atoms with Gasteiger partial charge in [0, 0.05) is 22.1 Å². The molecular weight excluding hydrogens is 337 g/mol. The Balaban J connectivity index is 1.58. The van der Waals surface area contributed by atoms with E-state index in [0.29, 0.717) is 5.92 Å². The number of ether oxygens (including phenoxy) is 1. The van der Waals surface area contributed by atoms with Gasteiger partial charge in [0.15, 0.2) is 0 Å². The maximum atomic E-state index is 12.2. The summed E-state index contributed by atoms with van der Waals surface area (Å²) in [7, 11) is 0. The highest BCUT2D eigenvalue weighted by Crippen LogP contribution is 2.37. The van der Waals surface area contributed by atoms with Crippen molar-refractivity contribution in [2.24, 2.45) is 11.0 Å². The number of alkyl halides is 3. The zero-order chi connectivity index (χ0) is 16.7. The fourth-order valence-electron chi connectivity index (χ4n) is 2.93. The standard InChI is InChI=1S/C17H13F3N2OS/c18-17(19,20)23-13-7-5-12(6-8-13)22-9-11-10-24-15-4-2-1-3-14(15)16(11)21-22/h1-8,11H,9-10H2. The third kappa shape index (κ3) is 2.96. The van der Waals surface area contributed by atoms with Gasteiger partial charge in [-0.25, -0.2) is 0 Å². The Morgan fingerprint density at radius 2 is 1.83 bits per heavy atom. The van der Waals surface area contributed by atoms with Crippen molar-refractivity contribution in [3.63, 3.8) is 0 Å². The number of thioether (sulfide) groups is 1. The molecule has 24 heavy (non-hydrogen) atoms. The molecule has 0 amide bonds. The van der Waals surface area contributed by atoms with Crippen molar-refractivity contribution in [3.8, 4) is 5.75 Å². The summed E-state index contributed by atoms with van der Waals surface area (Å²) in [6.45, 7) is 0.732. The van der Waals surface area contributed by atoms with Crippen LogP contribution >= 0.6 is 11.8 Å². The van der Waals surface area contributed by atoms with Crippen molar-refractivity contribution in [2.75, 3.05) is 17.3 Å². The summed E-state index contributed by atoms with van der Waals surface area (Å²) in [5.74, 6) is 1.06. The number of benzene rings is 2. The van der Waals surface area contributed by atoms with Gasteiger partial charge in [0.1, 0.15) is 5.75 Å². The monoisotopic (exact) mass is 350 g/mol. The molecule has 0 aliphatic carbocycles. The molecule has 2 heterocycles. The number of nitrogens with zero attached hydrogens (tertiary/aromatic N) is 2. The zero-order valence-electron chi connectivity index (χ0n) is 12.5. The van der Waals surface area contributed by atoms with Crippen molar-refractivity contribution in [1.82, 2.24) is 0 Å². The number of halogens is 3. The fraction of sp³-hybridized carbons (Fsp3) is 0.235. The minimum Gasteiger partial charge on any atom is -0.406 e. The SMILES string of the molecule is FC(F)(F)Oc1ccc(N2CC3CSc4ccccc4C3=N2)cc1. The molecule has 0 N–H and O–H groups in total. The van der Waals surface area contributed by atoms with Crippen molar-refractivity contribution in [1.29, 1.82) is 0 Å². The molecule has 2 aromatic carbocycles. The predicted octanol–water partition coefficient (Wildman–Crippen LogP) is 4.53. The van der Waals surface area contributed by atoms with Gasteiger partial charge < -0.3 is 4.74 Å². The minimum absolute atomic E-state index is 0.226. The summed E-state index contributed by atoms with van der Waals surface area (Å²) in [6, 6.07) is 14.0. The molecule has 2 aliphatic rings. The van der Waals surface area contributed by atoms with E-state index >= 15 is 0 Å². The van der Waals surface area contributed by atoms with Crippen LogP contribution in [0, 0.1) is 5.92 Å². The van der Waals surface area contributed by atoms with Gasteiger partial charge in [0.05, 0.1) is 17.9 Å². The first-order valence-electron chi connectivity index (χ1n) is 7.44. The molecule has 0 fully saturated rings. The molecule has 0 radical (unpaired) electrons. The molecular formula is C17H13F3N2OS. The maximum Gasteiger partial charge on any atom is 0.573 e. The van der Waals surface area contributed by atoms with Crippen molar-refractivity contribution in [2.45, 2.75) is 11.3 Å². The van der Waals surface area contributed by atoms with Crippen LogP contribution in [-0.2, 0) is 0 Å². The van der Waals surface area contributed by atoms with Gasteiger partial charge in [-0.2, -0.15) is 5.10 Å². The number of fused-ring (bicyclic) bond motifs is 3. The number of anilines is 1. The lowest BCUT2D eigenvalue weighted by Gasteiger charge is -2.21. The van der Waals surface area contributed by atoms with Crippen LogP contribution in [0.1, 0.15) is 5.56 Å². The third-order valence-electron chi connectivity index (χ3n) is 3.98. The summed E-state index contributed by atoms with van der Waals surface area (Å²) in [5, 5.41) is 6.55. The molecule has 0 spiro atoms. The van der Waals surface area contributed by atoms with E-state index in [-0.39, 0.29) is 5.75 Å². The summed E-state index contributed by atoms with van der Waals surface area (Å²) < 4.78 is 40.6. The smallest absolute Gasteiger partial charge is 0.406 e. The average Bonchev–Trinajstić information content (AvgIpc) is 2.98. The van der Waals surface area contributed by atoms with E-state index < -0.39 is 6.36 Å². The first-order chi connectivity index (χ1) is 11.5. The number of hydrazone groups is 1. The Morgan fingerprint density at radius 3 is 2.58 bits per heavy atom. The van der Waals surface area contributed by atoms with Crippen LogP contribution in [-0.4, -0.2) is 24.4 Å². The van der Waals surface area contributed by atoms with Gasteiger partial charge in [-0.3, -0.25) is 5.01 Å². The molecule has 1 unspecified atom stereocenters. The van der Waals surface area contributed by atoms with Crippen LogP contribution in [0.4, 0.5) is 18.9 Å². The zero-order valence-corrected chi connectivity index (χ0v) is 13.3. The number of rotatable bonds is 2. The summed E-state index contributed by atoms with van der Waals surface area (Å²) in [6.07, 6.45) is -4.68. The molecule has 0 aromatic heterocycles. The van der Waals surface area contributed by atoms with E-state index in [1.807, 2.05) is 28.9 Å². The Labute approximate surface area is 141 Å². The topological polar surface area (TPSA) is 24.8 Å². The van der Waals surface area contributed by atoms with E-state index in [9.17, 15) is 13.2 Å². The second-order valence-corrected chi connectivity index (χ2v) is 6.67. The average molecular weight is 350 g/mol. The van der Waals surface area contributed by atoms with Crippen LogP contribution in [0.2, 0.25) is 0 Å². The number of hydrogen-bond acceptors (Lipinski definition) is 4. The molecule has 0 bridgehead atoms. The lowest BCUT2D eigenvalue weighted by atomic mass is 9.98. The lowest BCUT2D eigenvalue weighted by Crippen LogP contribution is -2.24. The second kappa shape index (κ2) is 5.73. The summed E-state index contributed by atoms with van der Waals surface area (Å²) in [5.41, 5.74) is 2.96. The summed E-state index contributed by atoms with van der Waals surface area (Å²) in [4.78, 5) is 1.23. The molecule has 2 aromatic rings. The van der Waals surface area contributed by atoms with Crippen LogP contribution < -0.4 is 9.75 Å². The highest BCUT2D eigenvalue weighted by Gasteiger charge is 2.34. The van der Waals surface area contributed by atoms with Crippen molar-refractivity contribution >= 4 is 23.2 Å². The van der Waals surface area contributed by atoms with E-state index in [4.69, 9.17) is 5.10 Å². The lowest BCUT2D eigenvalue weighted by molar-refractivity contribution is -0.274. The molecule has 7 heteroatoms. The summed E-state index contributed by atoms with van der Waals surface area (Å²) >= 11 is 1.82. The molecule has 4 rings (SSSR count). The highest BCUT2D eigenvalue weighted by atomic mass is 32.2. The molecule has 1 atom stereocenters. The predicted molar refractivity (Wildman–Crippen MR) is 87.7 cm³/mol. The molecule has 3 nitrogen and oxygen atoms in total. The second-order valence-electron chi connectivity index (χ2n) is 5.61. The van der Waals surface area contributed by atoms with E-state index in [0.717, 1.165) is 29.3 Å². The van der Waals surface area contributed by atoms with Crippen LogP contribution in [0.3, 0.4) is 0 Å². The van der Waals surface area contributed by atoms with Gasteiger partial charge in [-0.15, -0.1) is 24.9 Å². The largest absolute Gasteiger partial charge is 0.573 e.